The quantitative estimate of drug-likeness (QED) is 0.628. The van der Waals surface area contributed by atoms with Gasteiger partial charge in [0.05, 0.1) is 17.0 Å². The molecule has 94 valence electrons. The highest BCUT2D eigenvalue weighted by molar-refractivity contribution is 7.10. The van der Waals surface area contributed by atoms with Crippen molar-refractivity contribution in [3.8, 4) is 0 Å². The molecule has 0 aliphatic rings. The molecule has 2 unspecified atom stereocenters. The number of carboxylic acid groups (broad SMARTS) is 1. The minimum atomic E-state index is -1.83. The lowest BCUT2D eigenvalue weighted by molar-refractivity contribution is -0.159. The highest BCUT2D eigenvalue weighted by Crippen LogP contribution is 2.25. The molecule has 1 rings (SSSR count). The average molecular weight is 261 g/mol. The number of ether oxygens (including phenoxy) is 1. The Morgan fingerprint density at radius 1 is 1.53 bits per heavy atom. The van der Waals surface area contributed by atoms with Crippen LogP contribution >= 0.6 is 11.3 Å². The number of thiazole rings is 1. The van der Waals surface area contributed by atoms with Gasteiger partial charge in [-0.3, -0.25) is 0 Å². The fraction of sp³-hybridized carbons (Fsp3) is 0.444. The van der Waals surface area contributed by atoms with Crippen molar-refractivity contribution in [3.05, 3.63) is 16.1 Å². The SMILES string of the molecule is CCOC(=O)C(O)C(O)c1scnc1C(=O)O. The Balaban J connectivity index is 2.88. The first-order valence-electron chi connectivity index (χ1n) is 4.68. The van der Waals surface area contributed by atoms with Gasteiger partial charge in [0.2, 0.25) is 0 Å². The standard InChI is InChI=1S/C9H11NO6S/c1-2-16-9(15)6(12)5(11)7-4(8(13)14)10-3-17-7/h3,5-6,11-12H,2H2,1H3,(H,13,14). The van der Waals surface area contributed by atoms with Crippen LogP contribution in [-0.2, 0) is 9.53 Å². The number of aromatic carboxylic acids is 1. The third-order valence-corrected chi connectivity index (χ3v) is 2.79. The highest BCUT2D eigenvalue weighted by atomic mass is 32.1. The van der Waals surface area contributed by atoms with Crippen molar-refractivity contribution in [2.24, 2.45) is 0 Å². The molecule has 17 heavy (non-hydrogen) atoms. The summed E-state index contributed by atoms with van der Waals surface area (Å²) in [5, 5.41) is 27.9. The molecule has 0 fully saturated rings. The largest absolute Gasteiger partial charge is 0.476 e. The molecule has 0 aromatic carbocycles. The fourth-order valence-electron chi connectivity index (χ4n) is 1.13. The second-order valence-corrected chi connectivity index (χ2v) is 3.90. The summed E-state index contributed by atoms with van der Waals surface area (Å²) >= 11 is 0.840. The number of hydrogen-bond acceptors (Lipinski definition) is 7. The monoisotopic (exact) mass is 261 g/mol. The van der Waals surface area contributed by atoms with E-state index in [1.807, 2.05) is 0 Å². The molecule has 0 aliphatic carbocycles. The molecule has 0 saturated heterocycles. The van der Waals surface area contributed by atoms with E-state index in [0.29, 0.717) is 0 Å². The molecular weight excluding hydrogens is 250 g/mol. The van der Waals surface area contributed by atoms with Crippen LogP contribution < -0.4 is 0 Å². The number of aliphatic hydroxyl groups excluding tert-OH is 2. The number of hydrogen-bond donors (Lipinski definition) is 3. The van der Waals surface area contributed by atoms with E-state index < -0.39 is 24.1 Å². The molecule has 0 saturated carbocycles. The second kappa shape index (κ2) is 5.71. The van der Waals surface area contributed by atoms with Gasteiger partial charge >= 0.3 is 11.9 Å². The Labute approximate surface area is 100 Å². The molecule has 1 aromatic rings. The summed E-state index contributed by atoms with van der Waals surface area (Å²) in [6.45, 7) is 1.60. The van der Waals surface area contributed by atoms with Gasteiger partial charge in [0.1, 0.15) is 6.10 Å². The number of rotatable bonds is 5. The summed E-state index contributed by atoms with van der Waals surface area (Å²) < 4.78 is 4.51. The zero-order chi connectivity index (χ0) is 13.0. The normalized spacial score (nSPS) is 14.1. The van der Waals surface area contributed by atoms with E-state index in [0.717, 1.165) is 11.3 Å². The third-order valence-electron chi connectivity index (χ3n) is 1.89. The van der Waals surface area contributed by atoms with Gasteiger partial charge in [-0.05, 0) is 6.92 Å². The molecule has 3 N–H and O–H groups in total. The van der Waals surface area contributed by atoms with Crippen molar-refractivity contribution in [1.29, 1.82) is 0 Å². The van der Waals surface area contributed by atoms with E-state index in [2.05, 4.69) is 9.72 Å². The third kappa shape index (κ3) is 2.99. The van der Waals surface area contributed by atoms with Crippen molar-refractivity contribution in [2.45, 2.75) is 19.1 Å². The topological polar surface area (TPSA) is 117 Å². The van der Waals surface area contributed by atoms with E-state index in [9.17, 15) is 19.8 Å². The van der Waals surface area contributed by atoms with Crippen molar-refractivity contribution < 1.29 is 29.6 Å². The van der Waals surface area contributed by atoms with Crippen LogP contribution in [0, 0.1) is 0 Å². The molecule has 0 spiro atoms. The smallest absolute Gasteiger partial charge is 0.355 e. The van der Waals surface area contributed by atoms with Crippen LogP contribution in [0.5, 0.6) is 0 Å². The maximum absolute atomic E-state index is 11.2. The summed E-state index contributed by atoms with van der Waals surface area (Å²) in [5.41, 5.74) is 0.825. The van der Waals surface area contributed by atoms with Gasteiger partial charge < -0.3 is 20.1 Å². The van der Waals surface area contributed by atoms with E-state index in [1.54, 1.807) is 6.92 Å². The van der Waals surface area contributed by atoms with Gasteiger partial charge in [0.25, 0.3) is 0 Å². The van der Waals surface area contributed by atoms with Crippen LogP contribution in [0.15, 0.2) is 5.51 Å². The Hall–Kier alpha value is -1.51. The van der Waals surface area contributed by atoms with Gasteiger partial charge in [-0.1, -0.05) is 0 Å². The Morgan fingerprint density at radius 3 is 2.71 bits per heavy atom. The van der Waals surface area contributed by atoms with E-state index >= 15 is 0 Å². The Kier molecular flexibility index (Phi) is 4.55. The van der Waals surface area contributed by atoms with Crippen LogP contribution in [0.2, 0.25) is 0 Å². The van der Waals surface area contributed by atoms with Crippen LogP contribution in [-0.4, -0.2) is 45.0 Å². The average Bonchev–Trinajstić information content (AvgIpc) is 2.76. The summed E-state index contributed by atoms with van der Waals surface area (Å²) in [4.78, 5) is 25.3. The van der Waals surface area contributed by atoms with E-state index in [4.69, 9.17) is 5.11 Å². The molecule has 2 atom stereocenters. The first-order chi connectivity index (χ1) is 7.99. The summed E-state index contributed by atoms with van der Waals surface area (Å²) in [7, 11) is 0. The molecule has 1 aromatic heterocycles. The molecule has 0 radical (unpaired) electrons. The molecule has 1 heterocycles. The number of nitrogens with zero attached hydrogens (tertiary/aromatic N) is 1. The zero-order valence-corrected chi connectivity index (χ0v) is 9.68. The van der Waals surface area contributed by atoms with Gasteiger partial charge in [-0.2, -0.15) is 0 Å². The lowest BCUT2D eigenvalue weighted by Gasteiger charge is -2.15. The maximum atomic E-state index is 11.2. The van der Waals surface area contributed by atoms with Gasteiger partial charge in [0.15, 0.2) is 11.8 Å². The maximum Gasteiger partial charge on any atom is 0.355 e. The Bertz CT molecular complexity index is 417. The van der Waals surface area contributed by atoms with Crippen molar-refractivity contribution >= 4 is 23.3 Å². The predicted octanol–water partition coefficient (Wildman–Crippen LogP) is -0.201. The number of carboxylic acids is 1. The Morgan fingerprint density at radius 2 is 2.18 bits per heavy atom. The number of carbonyl (C=O) groups is 2. The first-order valence-corrected chi connectivity index (χ1v) is 5.56. The first kappa shape index (κ1) is 13.6. The van der Waals surface area contributed by atoms with Crippen LogP contribution in [0.4, 0.5) is 0 Å². The van der Waals surface area contributed by atoms with Crippen LogP contribution in [0.1, 0.15) is 28.4 Å². The molecule has 8 heteroatoms. The van der Waals surface area contributed by atoms with Gasteiger partial charge in [0, 0.05) is 0 Å². The van der Waals surface area contributed by atoms with Gasteiger partial charge in [-0.25, -0.2) is 14.6 Å². The number of carbonyl (C=O) groups excluding carboxylic acids is 1. The molecule has 7 nitrogen and oxygen atoms in total. The van der Waals surface area contributed by atoms with E-state index in [-0.39, 0.29) is 17.2 Å². The lowest BCUT2D eigenvalue weighted by Crippen LogP contribution is -2.30. The van der Waals surface area contributed by atoms with Crippen LogP contribution in [0.3, 0.4) is 0 Å². The molecule has 0 aliphatic heterocycles. The lowest BCUT2D eigenvalue weighted by atomic mass is 10.1. The summed E-state index contributed by atoms with van der Waals surface area (Å²) in [6.07, 6.45) is -3.49. The molecular formula is C9H11NO6S. The van der Waals surface area contributed by atoms with Gasteiger partial charge in [-0.15, -0.1) is 11.3 Å². The number of aliphatic hydroxyl groups is 2. The predicted molar refractivity (Wildman–Crippen MR) is 56.7 cm³/mol. The number of aromatic nitrogens is 1. The van der Waals surface area contributed by atoms with Crippen molar-refractivity contribution in [2.75, 3.05) is 6.61 Å². The van der Waals surface area contributed by atoms with Crippen molar-refractivity contribution in [1.82, 2.24) is 4.98 Å². The molecule has 0 bridgehead atoms. The number of esters is 1. The minimum absolute atomic E-state index is 0.0527. The van der Waals surface area contributed by atoms with E-state index in [1.165, 1.54) is 5.51 Å². The minimum Gasteiger partial charge on any atom is -0.476 e. The molecule has 0 amide bonds. The summed E-state index contributed by atoms with van der Waals surface area (Å²) in [5.74, 6) is -2.35. The van der Waals surface area contributed by atoms with Crippen LogP contribution in [0.25, 0.3) is 0 Å². The highest BCUT2D eigenvalue weighted by Gasteiger charge is 2.31. The summed E-state index contributed by atoms with van der Waals surface area (Å²) in [6, 6.07) is 0. The second-order valence-electron chi connectivity index (χ2n) is 3.01. The zero-order valence-electron chi connectivity index (χ0n) is 8.86. The van der Waals surface area contributed by atoms with Crippen molar-refractivity contribution in [3.63, 3.8) is 0 Å². The fourth-order valence-corrected chi connectivity index (χ4v) is 1.92.